The van der Waals surface area contributed by atoms with Gasteiger partial charge in [-0.1, -0.05) is 59.7 Å². The Kier molecular flexibility index (Phi) is 7.05. The van der Waals surface area contributed by atoms with Gasteiger partial charge in [-0.05, 0) is 54.1 Å². The molecule has 0 N–H and O–H groups in total. The summed E-state index contributed by atoms with van der Waals surface area (Å²) in [5.74, 6) is 0. The van der Waals surface area contributed by atoms with Crippen molar-refractivity contribution in [2.75, 3.05) is 6.54 Å². The number of benzene rings is 2. The van der Waals surface area contributed by atoms with Crippen LogP contribution in [0.25, 0.3) is 10.4 Å². The number of ether oxygens (including phenoxy) is 1. The van der Waals surface area contributed by atoms with E-state index in [9.17, 15) is 0 Å². The van der Waals surface area contributed by atoms with Crippen molar-refractivity contribution in [3.63, 3.8) is 0 Å². The summed E-state index contributed by atoms with van der Waals surface area (Å²) in [5.41, 5.74) is 12.4. The lowest BCUT2D eigenvalue weighted by molar-refractivity contribution is 0.0480. The van der Waals surface area contributed by atoms with Crippen molar-refractivity contribution in [1.82, 2.24) is 0 Å². The SMILES string of the molecule is Cc1ccc(C(CN=[N+]=[N-])OCc2ccc(CCc3ccccc3)cc2)s1. The van der Waals surface area contributed by atoms with Gasteiger partial charge in [-0.25, -0.2) is 0 Å². The highest BCUT2D eigenvalue weighted by Crippen LogP contribution is 2.27. The average Bonchev–Trinajstić information content (AvgIpc) is 3.14. The van der Waals surface area contributed by atoms with Crippen LogP contribution in [0.2, 0.25) is 0 Å². The molecule has 0 aliphatic heterocycles. The van der Waals surface area contributed by atoms with Gasteiger partial charge in [0.15, 0.2) is 0 Å². The van der Waals surface area contributed by atoms with Crippen LogP contribution in [0.1, 0.15) is 32.5 Å². The molecule has 0 amide bonds. The number of hydrogen-bond donors (Lipinski definition) is 0. The highest BCUT2D eigenvalue weighted by molar-refractivity contribution is 7.12. The molecule has 2 aromatic carbocycles. The minimum Gasteiger partial charge on any atom is -0.368 e. The summed E-state index contributed by atoms with van der Waals surface area (Å²) in [6, 6.07) is 23.2. The van der Waals surface area contributed by atoms with Crippen LogP contribution in [0.3, 0.4) is 0 Å². The van der Waals surface area contributed by atoms with Gasteiger partial charge in [-0.15, -0.1) is 11.3 Å². The normalized spacial score (nSPS) is 11.7. The molecule has 0 saturated carbocycles. The molecule has 0 saturated heterocycles. The molecule has 3 rings (SSSR count). The van der Waals surface area contributed by atoms with Crippen LogP contribution >= 0.6 is 11.3 Å². The molecule has 3 aromatic rings. The molecule has 0 bridgehead atoms. The maximum atomic E-state index is 8.62. The summed E-state index contributed by atoms with van der Waals surface area (Å²) < 4.78 is 6.04. The van der Waals surface area contributed by atoms with E-state index in [1.807, 2.05) is 12.1 Å². The fourth-order valence-electron chi connectivity index (χ4n) is 2.89. The van der Waals surface area contributed by atoms with E-state index in [4.69, 9.17) is 10.3 Å². The van der Waals surface area contributed by atoms with Crippen molar-refractivity contribution in [2.45, 2.75) is 32.5 Å². The molecule has 0 radical (unpaired) electrons. The quantitative estimate of drug-likeness (QED) is 0.241. The van der Waals surface area contributed by atoms with Crippen molar-refractivity contribution < 1.29 is 4.74 Å². The van der Waals surface area contributed by atoms with Crippen molar-refractivity contribution >= 4 is 11.3 Å². The largest absolute Gasteiger partial charge is 0.368 e. The lowest BCUT2D eigenvalue weighted by atomic mass is 10.0. The number of nitrogens with zero attached hydrogens (tertiary/aromatic N) is 3. The van der Waals surface area contributed by atoms with E-state index in [-0.39, 0.29) is 6.10 Å². The van der Waals surface area contributed by atoms with E-state index in [0.717, 1.165) is 23.3 Å². The topological polar surface area (TPSA) is 58.0 Å². The molecule has 5 heteroatoms. The summed E-state index contributed by atoms with van der Waals surface area (Å²) in [5, 5.41) is 3.70. The van der Waals surface area contributed by atoms with E-state index >= 15 is 0 Å². The van der Waals surface area contributed by atoms with Gasteiger partial charge in [0.05, 0.1) is 19.3 Å². The zero-order valence-electron chi connectivity index (χ0n) is 15.4. The van der Waals surface area contributed by atoms with Gasteiger partial charge in [0.1, 0.15) is 0 Å². The Morgan fingerprint density at radius 1 is 0.926 bits per heavy atom. The fourth-order valence-corrected chi connectivity index (χ4v) is 3.81. The minimum atomic E-state index is -0.197. The van der Waals surface area contributed by atoms with Gasteiger partial charge in [0.2, 0.25) is 0 Å². The lowest BCUT2D eigenvalue weighted by Crippen LogP contribution is -2.06. The number of hydrogen-bond acceptors (Lipinski definition) is 3. The van der Waals surface area contributed by atoms with E-state index < -0.39 is 0 Å². The second kappa shape index (κ2) is 9.93. The average molecular weight is 378 g/mol. The molecular weight excluding hydrogens is 354 g/mol. The molecule has 27 heavy (non-hydrogen) atoms. The first-order chi connectivity index (χ1) is 13.2. The van der Waals surface area contributed by atoms with Gasteiger partial charge in [0.25, 0.3) is 0 Å². The van der Waals surface area contributed by atoms with Crippen LogP contribution in [-0.2, 0) is 24.2 Å². The van der Waals surface area contributed by atoms with Crippen LogP contribution in [0.15, 0.2) is 71.8 Å². The van der Waals surface area contributed by atoms with E-state index in [1.54, 1.807) is 11.3 Å². The molecule has 4 nitrogen and oxygen atoms in total. The Hall–Kier alpha value is -2.59. The first-order valence-electron chi connectivity index (χ1n) is 9.05. The second-order valence-electron chi connectivity index (χ2n) is 6.46. The molecule has 1 unspecified atom stereocenters. The molecule has 138 valence electrons. The Morgan fingerprint density at radius 2 is 1.59 bits per heavy atom. The summed E-state index contributed by atoms with van der Waals surface area (Å²) in [6.07, 6.45) is 1.87. The maximum absolute atomic E-state index is 8.62. The minimum absolute atomic E-state index is 0.197. The van der Waals surface area contributed by atoms with E-state index in [2.05, 4.69) is 71.5 Å². The Balaban J connectivity index is 1.55. The van der Waals surface area contributed by atoms with Crippen molar-refractivity contribution in [3.05, 3.63) is 104 Å². The molecule has 1 heterocycles. The predicted octanol–water partition coefficient (Wildman–Crippen LogP) is 6.41. The monoisotopic (exact) mass is 377 g/mol. The van der Waals surface area contributed by atoms with Crippen LogP contribution in [0.5, 0.6) is 0 Å². The fraction of sp³-hybridized carbons (Fsp3) is 0.273. The van der Waals surface area contributed by atoms with Crippen LogP contribution in [0.4, 0.5) is 0 Å². The summed E-state index contributed by atoms with van der Waals surface area (Å²) in [7, 11) is 0. The molecule has 0 aliphatic carbocycles. The first-order valence-corrected chi connectivity index (χ1v) is 9.87. The predicted molar refractivity (Wildman–Crippen MR) is 111 cm³/mol. The molecule has 0 aliphatic rings. The number of thiophene rings is 1. The molecule has 1 atom stereocenters. The van der Waals surface area contributed by atoms with Crippen molar-refractivity contribution in [3.8, 4) is 0 Å². The smallest absolute Gasteiger partial charge is 0.0977 e. The second-order valence-corrected chi connectivity index (χ2v) is 7.78. The van der Waals surface area contributed by atoms with Crippen molar-refractivity contribution in [1.29, 1.82) is 0 Å². The summed E-state index contributed by atoms with van der Waals surface area (Å²) in [4.78, 5) is 5.19. The molecule has 0 spiro atoms. The zero-order valence-corrected chi connectivity index (χ0v) is 16.2. The van der Waals surface area contributed by atoms with Crippen LogP contribution in [0, 0.1) is 6.92 Å². The Labute approximate surface area is 164 Å². The van der Waals surface area contributed by atoms with Crippen molar-refractivity contribution in [2.24, 2.45) is 5.11 Å². The third kappa shape index (κ3) is 5.97. The van der Waals surface area contributed by atoms with Gasteiger partial charge >= 0.3 is 0 Å². The highest BCUT2D eigenvalue weighted by atomic mass is 32.1. The highest BCUT2D eigenvalue weighted by Gasteiger charge is 2.13. The standard InChI is InChI=1S/C22H23N3OS/c1-17-7-14-22(27-17)21(15-24-25-23)26-16-20-12-10-19(11-13-20)9-8-18-5-3-2-4-6-18/h2-7,10-14,21H,8-9,15-16H2,1H3. The van der Waals surface area contributed by atoms with Gasteiger partial charge in [0, 0.05) is 14.7 Å². The first kappa shape index (κ1) is 19.2. The Morgan fingerprint density at radius 3 is 2.22 bits per heavy atom. The third-order valence-corrected chi connectivity index (χ3v) is 5.50. The van der Waals surface area contributed by atoms with Gasteiger partial charge in [-0.2, -0.15) is 0 Å². The number of rotatable bonds is 9. The molecule has 1 aromatic heterocycles. The zero-order chi connectivity index (χ0) is 18.9. The van der Waals surface area contributed by atoms with Crippen LogP contribution < -0.4 is 0 Å². The maximum Gasteiger partial charge on any atom is 0.0977 e. The third-order valence-electron chi connectivity index (χ3n) is 4.41. The van der Waals surface area contributed by atoms with Gasteiger partial charge < -0.3 is 4.74 Å². The summed E-state index contributed by atoms with van der Waals surface area (Å²) in [6.45, 7) is 2.88. The lowest BCUT2D eigenvalue weighted by Gasteiger charge is -2.14. The summed E-state index contributed by atoms with van der Waals surface area (Å²) >= 11 is 1.68. The number of azide groups is 1. The molecular formula is C22H23N3OS. The molecule has 0 fully saturated rings. The van der Waals surface area contributed by atoms with Crippen LogP contribution in [-0.4, -0.2) is 6.54 Å². The van der Waals surface area contributed by atoms with E-state index in [0.29, 0.717) is 13.2 Å². The Bertz CT molecular complexity index is 883. The van der Waals surface area contributed by atoms with Gasteiger partial charge in [-0.3, -0.25) is 0 Å². The number of aryl methyl sites for hydroxylation is 3. The van der Waals surface area contributed by atoms with E-state index in [1.165, 1.54) is 16.0 Å².